The zero-order valence-corrected chi connectivity index (χ0v) is 9.95. The average Bonchev–Trinajstić information content (AvgIpc) is 2.33. The molecule has 0 bridgehead atoms. The second kappa shape index (κ2) is 6.12. The molecule has 0 radical (unpaired) electrons. The number of fused-ring (bicyclic) bond motifs is 1. The molecule has 2 rings (SSSR count). The van der Waals surface area contributed by atoms with Crippen LogP contribution in [0.15, 0.2) is 42.5 Å². The fourth-order valence-corrected chi connectivity index (χ4v) is 1.07. The van der Waals surface area contributed by atoms with Gasteiger partial charge in [0.2, 0.25) is 0 Å². The topological polar surface area (TPSA) is 0 Å². The van der Waals surface area contributed by atoms with Gasteiger partial charge < -0.3 is 0 Å². The molecule has 2 aromatic carbocycles. The first-order chi connectivity index (χ1) is 4.47. The number of rotatable bonds is 0. The van der Waals surface area contributed by atoms with Crippen LogP contribution in [0.5, 0.6) is 0 Å². The summed E-state index contributed by atoms with van der Waals surface area (Å²) in [7, 11) is 0. The van der Waals surface area contributed by atoms with Crippen molar-refractivity contribution < 1.29 is 35.3 Å². The first kappa shape index (κ1) is 14.1. The Morgan fingerprint density at radius 1 is 0.917 bits per heavy atom. The van der Waals surface area contributed by atoms with Crippen LogP contribution >= 0.6 is 0 Å². The Kier molecular flexibility index (Phi) is 7.19. The van der Waals surface area contributed by atoms with Crippen molar-refractivity contribution >= 4 is 10.8 Å². The number of halogens is 2. The monoisotopic (exact) mass is 335 g/mol. The molecule has 3 heteroatoms. The first-order valence-electron chi connectivity index (χ1n) is 3.07. The molecule has 0 spiro atoms. The van der Waals surface area contributed by atoms with Crippen LogP contribution in [0.1, 0.15) is 0 Å². The molecule has 0 aliphatic heterocycles. The van der Waals surface area contributed by atoms with Crippen molar-refractivity contribution in [3.63, 3.8) is 0 Å². The van der Waals surface area contributed by atoms with Gasteiger partial charge >= 0.3 is 0 Å². The second-order valence-electron chi connectivity index (χ2n) is 2.15. The van der Waals surface area contributed by atoms with E-state index in [2.05, 4.69) is 42.5 Å². The van der Waals surface area contributed by atoms with Gasteiger partial charge in [-0.2, -0.15) is 17.5 Å². The van der Waals surface area contributed by atoms with Crippen LogP contribution in [0.25, 0.3) is 10.8 Å². The van der Waals surface area contributed by atoms with E-state index in [4.69, 9.17) is 0 Å². The van der Waals surface area contributed by atoms with Crippen molar-refractivity contribution in [1.29, 1.82) is 0 Å². The van der Waals surface area contributed by atoms with Gasteiger partial charge in [0.1, 0.15) is 0 Å². The molecule has 2 aromatic rings. The van der Waals surface area contributed by atoms with Crippen LogP contribution in [-0.2, 0) is 25.8 Å². The summed E-state index contributed by atoms with van der Waals surface area (Å²) < 4.78 is 0. The molecule has 0 aliphatic rings. The van der Waals surface area contributed by atoms with Crippen molar-refractivity contribution in [3.8, 4) is 0 Å². The van der Waals surface area contributed by atoms with Gasteiger partial charge in [-0.15, -0.1) is 29.7 Å². The van der Waals surface area contributed by atoms with E-state index in [-0.39, 0.29) is 35.3 Å². The van der Waals surface area contributed by atoms with Gasteiger partial charge in [0.25, 0.3) is 0 Å². The van der Waals surface area contributed by atoms with E-state index in [9.17, 15) is 0 Å². The summed E-state index contributed by atoms with van der Waals surface area (Å²) in [5.41, 5.74) is 0. The molecule has 0 unspecified atom stereocenters. The molecule has 0 aliphatic carbocycles. The van der Waals surface area contributed by atoms with Crippen LogP contribution < -0.4 is 0 Å². The normalized spacial score (nSPS) is 7.67. The van der Waals surface area contributed by atoms with Gasteiger partial charge in [0, 0.05) is 25.8 Å². The zero-order chi connectivity index (χ0) is 6.10. The summed E-state index contributed by atoms with van der Waals surface area (Å²) in [6.45, 7) is 0. The molecule has 0 amide bonds. The maximum atomic E-state index is 2.12. The Labute approximate surface area is 88.5 Å². The van der Waals surface area contributed by atoms with Crippen molar-refractivity contribution in [3.05, 3.63) is 42.5 Å². The third kappa shape index (κ3) is 2.55. The summed E-state index contributed by atoms with van der Waals surface area (Å²) in [6.07, 6.45) is 0. The van der Waals surface area contributed by atoms with E-state index in [1.54, 1.807) is 0 Å². The van der Waals surface area contributed by atoms with Crippen molar-refractivity contribution in [2.45, 2.75) is 0 Å². The third-order valence-corrected chi connectivity index (χ3v) is 1.55. The smallest absolute Gasteiger partial charge is 0 e. The first-order valence-corrected chi connectivity index (χ1v) is 3.07. The van der Waals surface area contributed by atoms with Crippen LogP contribution in [-0.4, -0.2) is 0 Å². The van der Waals surface area contributed by atoms with E-state index in [1.807, 2.05) is 0 Å². The number of hydrogen-bond acceptors (Lipinski definition) is 0. The summed E-state index contributed by atoms with van der Waals surface area (Å²) >= 11 is 0. The van der Waals surface area contributed by atoms with Crippen LogP contribution in [0.4, 0.5) is 9.41 Å². The second-order valence-corrected chi connectivity index (χ2v) is 2.15. The number of hydrogen-bond donors (Lipinski definition) is 0. The van der Waals surface area contributed by atoms with Gasteiger partial charge in [-0.3, -0.25) is 9.41 Å². The minimum absolute atomic E-state index is 0. The molecule has 0 nitrogen and oxygen atoms in total. The zero-order valence-electron chi connectivity index (χ0n) is 6.36. The predicted molar refractivity (Wildman–Crippen MR) is 44.5 cm³/mol. The minimum Gasteiger partial charge on any atom is -0.269 e. The van der Waals surface area contributed by atoms with E-state index >= 15 is 0 Å². The molecule has 0 atom stereocenters. The van der Waals surface area contributed by atoms with Gasteiger partial charge in [-0.05, 0) is 0 Å². The number of benzene rings is 1. The molecule has 0 saturated heterocycles. The Morgan fingerprint density at radius 2 is 1.58 bits per heavy atom. The molecular formula is C9H9F2Hf-. The van der Waals surface area contributed by atoms with Crippen molar-refractivity contribution in [2.24, 2.45) is 0 Å². The molecule has 0 aromatic heterocycles. The summed E-state index contributed by atoms with van der Waals surface area (Å²) in [5, 5.41) is 2.66. The Hall–Kier alpha value is -0.440. The molecule has 0 saturated carbocycles. The molecule has 0 N–H and O–H groups in total. The summed E-state index contributed by atoms with van der Waals surface area (Å²) in [5.74, 6) is 0. The van der Waals surface area contributed by atoms with E-state index < -0.39 is 0 Å². The van der Waals surface area contributed by atoms with Gasteiger partial charge in [0.05, 0.1) is 0 Å². The van der Waals surface area contributed by atoms with Crippen LogP contribution in [0.3, 0.4) is 0 Å². The molecule has 12 heavy (non-hydrogen) atoms. The molecule has 0 fully saturated rings. The SMILES string of the molecule is F.F.[Hf].c1ccc2[cH-]ccc2c1. The van der Waals surface area contributed by atoms with E-state index in [0.717, 1.165) is 0 Å². The Bertz CT molecular complexity index is 287. The van der Waals surface area contributed by atoms with Crippen molar-refractivity contribution in [1.82, 2.24) is 0 Å². The van der Waals surface area contributed by atoms with Gasteiger partial charge in [-0.25, -0.2) is 0 Å². The fourth-order valence-electron chi connectivity index (χ4n) is 1.07. The predicted octanol–water partition coefficient (Wildman–Crippen LogP) is 2.86. The minimum atomic E-state index is 0. The maximum absolute atomic E-state index is 2.12. The van der Waals surface area contributed by atoms with Crippen molar-refractivity contribution in [2.75, 3.05) is 0 Å². The van der Waals surface area contributed by atoms with Crippen LogP contribution in [0, 0.1) is 0 Å². The van der Waals surface area contributed by atoms with E-state index in [0.29, 0.717) is 0 Å². The summed E-state index contributed by atoms with van der Waals surface area (Å²) in [4.78, 5) is 0. The van der Waals surface area contributed by atoms with E-state index in [1.165, 1.54) is 10.8 Å². The van der Waals surface area contributed by atoms with Crippen LogP contribution in [0.2, 0.25) is 0 Å². The molecular weight excluding hydrogens is 325 g/mol. The molecule has 0 heterocycles. The largest absolute Gasteiger partial charge is 0.269 e. The Morgan fingerprint density at radius 3 is 2.25 bits per heavy atom. The fraction of sp³-hybridized carbons (Fsp3) is 0. The Balaban J connectivity index is 0. The standard InChI is InChI=1S/C9H7.2FH.Hf/c1-2-5-9-7-3-6-8(9)4-1;;;/h1-7H;2*1H;/q-1;;;. The quantitative estimate of drug-likeness (QED) is 0.514. The molecule has 64 valence electrons. The van der Waals surface area contributed by atoms with Gasteiger partial charge in [-0.1, -0.05) is 6.07 Å². The average molecular weight is 334 g/mol. The third-order valence-electron chi connectivity index (χ3n) is 1.55. The summed E-state index contributed by atoms with van der Waals surface area (Å²) in [6, 6.07) is 14.7. The maximum Gasteiger partial charge on any atom is 0 e. The van der Waals surface area contributed by atoms with Gasteiger partial charge in [0.15, 0.2) is 0 Å².